The normalized spacial score (nSPS) is 36.4. The number of hydrogen-bond acceptors (Lipinski definition) is 2. The predicted molar refractivity (Wildman–Crippen MR) is 56.3 cm³/mol. The molecule has 3 rings (SSSR count). The predicted octanol–water partition coefficient (Wildman–Crippen LogP) is 2.04. The van der Waals surface area contributed by atoms with Gasteiger partial charge in [0.1, 0.15) is 0 Å². The molecule has 80 valence electrons. The number of ether oxygens (including phenoxy) is 1. The van der Waals surface area contributed by atoms with Crippen molar-refractivity contribution in [3.05, 3.63) is 0 Å². The van der Waals surface area contributed by atoms with Gasteiger partial charge in [0.15, 0.2) is 0 Å². The quantitative estimate of drug-likeness (QED) is 0.627. The molecule has 2 heteroatoms. The molecule has 1 saturated carbocycles. The smallest absolute Gasteiger partial charge is 0.0936 e. The standard InChI is InChI=1S/C12H21NO/c1-2-4-12(5-3-1)6-7-13(10-12)8-11-9-14-11/h11H,1-10H2. The van der Waals surface area contributed by atoms with E-state index < -0.39 is 0 Å². The summed E-state index contributed by atoms with van der Waals surface area (Å²) in [6.45, 7) is 4.93. The monoisotopic (exact) mass is 195 g/mol. The Morgan fingerprint density at radius 3 is 2.64 bits per heavy atom. The average Bonchev–Trinajstić information content (AvgIpc) is 2.93. The molecule has 0 amide bonds. The molecular formula is C12H21NO. The van der Waals surface area contributed by atoms with E-state index >= 15 is 0 Å². The van der Waals surface area contributed by atoms with Crippen molar-refractivity contribution in [1.29, 1.82) is 0 Å². The highest BCUT2D eigenvalue weighted by Gasteiger charge is 2.40. The van der Waals surface area contributed by atoms with E-state index in [1.165, 1.54) is 58.2 Å². The van der Waals surface area contributed by atoms with Crippen LogP contribution in [0.15, 0.2) is 0 Å². The minimum atomic E-state index is 0.591. The number of hydrogen-bond donors (Lipinski definition) is 0. The molecule has 3 fully saturated rings. The summed E-state index contributed by atoms with van der Waals surface area (Å²) in [5, 5.41) is 0. The van der Waals surface area contributed by atoms with Crippen LogP contribution in [0.3, 0.4) is 0 Å². The number of likely N-dealkylation sites (tertiary alicyclic amines) is 1. The van der Waals surface area contributed by atoms with Gasteiger partial charge in [0.05, 0.1) is 12.7 Å². The van der Waals surface area contributed by atoms with E-state index in [9.17, 15) is 0 Å². The summed E-state index contributed by atoms with van der Waals surface area (Å²) in [7, 11) is 0. The fraction of sp³-hybridized carbons (Fsp3) is 1.00. The zero-order valence-electron chi connectivity index (χ0n) is 9.00. The summed E-state index contributed by atoms with van der Waals surface area (Å²) in [4.78, 5) is 2.64. The first-order valence-corrected chi connectivity index (χ1v) is 6.20. The number of nitrogens with zero attached hydrogens (tertiary/aromatic N) is 1. The molecule has 2 nitrogen and oxygen atoms in total. The van der Waals surface area contributed by atoms with Gasteiger partial charge in [0.2, 0.25) is 0 Å². The molecule has 1 spiro atoms. The van der Waals surface area contributed by atoms with Crippen LogP contribution in [0, 0.1) is 5.41 Å². The van der Waals surface area contributed by atoms with Crippen molar-refractivity contribution in [1.82, 2.24) is 4.90 Å². The van der Waals surface area contributed by atoms with Gasteiger partial charge in [-0.3, -0.25) is 0 Å². The van der Waals surface area contributed by atoms with Crippen LogP contribution in [-0.2, 0) is 4.74 Å². The van der Waals surface area contributed by atoms with Gasteiger partial charge in [-0.15, -0.1) is 0 Å². The molecule has 3 aliphatic rings. The van der Waals surface area contributed by atoms with Crippen LogP contribution in [0.1, 0.15) is 38.5 Å². The Bertz CT molecular complexity index is 206. The average molecular weight is 195 g/mol. The van der Waals surface area contributed by atoms with Crippen molar-refractivity contribution >= 4 is 0 Å². The number of rotatable bonds is 2. The summed E-state index contributed by atoms with van der Waals surface area (Å²) in [6.07, 6.45) is 9.48. The Balaban J connectivity index is 1.56. The van der Waals surface area contributed by atoms with Gasteiger partial charge in [0.25, 0.3) is 0 Å². The molecule has 2 aliphatic heterocycles. The largest absolute Gasteiger partial charge is 0.372 e. The van der Waals surface area contributed by atoms with Gasteiger partial charge in [0, 0.05) is 13.1 Å². The van der Waals surface area contributed by atoms with E-state index in [0.29, 0.717) is 6.10 Å². The maximum absolute atomic E-state index is 5.30. The van der Waals surface area contributed by atoms with Crippen LogP contribution in [0.25, 0.3) is 0 Å². The number of epoxide rings is 1. The van der Waals surface area contributed by atoms with E-state index in [1.54, 1.807) is 0 Å². The summed E-state index contributed by atoms with van der Waals surface area (Å²) in [6, 6.07) is 0. The van der Waals surface area contributed by atoms with Gasteiger partial charge in [-0.2, -0.15) is 0 Å². The second kappa shape index (κ2) is 3.49. The van der Waals surface area contributed by atoms with Crippen molar-refractivity contribution < 1.29 is 4.74 Å². The summed E-state index contributed by atoms with van der Waals surface area (Å²) >= 11 is 0. The zero-order chi connectivity index (χ0) is 9.43. The van der Waals surface area contributed by atoms with Crippen LogP contribution in [0.2, 0.25) is 0 Å². The second-order valence-corrected chi connectivity index (χ2v) is 5.50. The molecule has 14 heavy (non-hydrogen) atoms. The van der Waals surface area contributed by atoms with Crippen molar-refractivity contribution in [3.63, 3.8) is 0 Å². The molecule has 1 aliphatic carbocycles. The van der Waals surface area contributed by atoms with Crippen molar-refractivity contribution in [2.45, 2.75) is 44.6 Å². The molecule has 0 aromatic heterocycles. The third kappa shape index (κ3) is 1.82. The first-order valence-electron chi connectivity index (χ1n) is 6.20. The highest BCUT2D eigenvalue weighted by Crippen LogP contribution is 2.43. The molecule has 0 aromatic carbocycles. The fourth-order valence-corrected chi connectivity index (χ4v) is 3.35. The van der Waals surface area contributed by atoms with Gasteiger partial charge in [-0.1, -0.05) is 19.3 Å². The van der Waals surface area contributed by atoms with Crippen molar-refractivity contribution in [2.75, 3.05) is 26.2 Å². The first kappa shape index (κ1) is 9.17. The van der Waals surface area contributed by atoms with E-state index in [-0.39, 0.29) is 0 Å². The lowest BCUT2D eigenvalue weighted by atomic mass is 9.73. The Morgan fingerprint density at radius 2 is 1.93 bits per heavy atom. The van der Waals surface area contributed by atoms with Gasteiger partial charge >= 0.3 is 0 Å². The molecule has 1 atom stereocenters. The first-order chi connectivity index (χ1) is 6.86. The summed E-state index contributed by atoms with van der Waals surface area (Å²) in [5.41, 5.74) is 0.729. The minimum Gasteiger partial charge on any atom is -0.372 e. The third-order valence-electron chi connectivity index (χ3n) is 4.30. The summed E-state index contributed by atoms with van der Waals surface area (Å²) < 4.78 is 5.30. The molecule has 2 heterocycles. The Kier molecular flexibility index (Phi) is 2.29. The molecule has 1 unspecified atom stereocenters. The Labute approximate surface area is 86.6 Å². The van der Waals surface area contributed by atoms with Gasteiger partial charge < -0.3 is 9.64 Å². The highest BCUT2D eigenvalue weighted by molar-refractivity contribution is 4.93. The Morgan fingerprint density at radius 1 is 1.14 bits per heavy atom. The van der Waals surface area contributed by atoms with E-state index in [1.807, 2.05) is 0 Å². The highest BCUT2D eigenvalue weighted by atomic mass is 16.6. The van der Waals surface area contributed by atoms with Crippen LogP contribution < -0.4 is 0 Å². The molecule has 0 radical (unpaired) electrons. The second-order valence-electron chi connectivity index (χ2n) is 5.50. The van der Waals surface area contributed by atoms with Crippen molar-refractivity contribution in [3.8, 4) is 0 Å². The topological polar surface area (TPSA) is 15.8 Å². The van der Waals surface area contributed by atoms with Crippen molar-refractivity contribution in [2.24, 2.45) is 5.41 Å². The molecule has 0 bridgehead atoms. The molecule has 0 aromatic rings. The zero-order valence-corrected chi connectivity index (χ0v) is 9.00. The molecule has 0 N–H and O–H groups in total. The third-order valence-corrected chi connectivity index (χ3v) is 4.30. The maximum atomic E-state index is 5.30. The molecular weight excluding hydrogens is 174 g/mol. The SMILES string of the molecule is C1CCC2(CC1)CCN(CC1CO1)C2. The minimum absolute atomic E-state index is 0.591. The lowest BCUT2D eigenvalue weighted by Gasteiger charge is -2.33. The van der Waals surface area contributed by atoms with Gasteiger partial charge in [-0.25, -0.2) is 0 Å². The van der Waals surface area contributed by atoms with Crippen LogP contribution in [0.5, 0.6) is 0 Å². The lowest BCUT2D eigenvalue weighted by Crippen LogP contribution is -2.31. The fourth-order valence-electron chi connectivity index (χ4n) is 3.35. The Hall–Kier alpha value is -0.0800. The van der Waals surface area contributed by atoms with Gasteiger partial charge in [-0.05, 0) is 31.2 Å². The maximum Gasteiger partial charge on any atom is 0.0936 e. The van der Waals surface area contributed by atoms with E-state index in [4.69, 9.17) is 4.74 Å². The van der Waals surface area contributed by atoms with E-state index in [2.05, 4.69) is 4.90 Å². The molecule has 2 saturated heterocycles. The van der Waals surface area contributed by atoms with Crippen LogP contribution in [0.4, 0.5) is 0 Å². The lowest BCUT2D eigenvalue weighted by molar-refractivity contribution is 0.181. The van der Waals surface area contributed by atoms with E-state index in [0.717, 1.165) is 12.0 Å². The van der Waals surface area contributed by atoms with Crippen LogP contribution in [-0.4, -0.2) is 37.2 Å². The van der Waals surface area contributed by atoms with Crippen LogP contribution >= 0.6 is 0 Å². The summed E-state index contributed by atoms with van der Waals surface area (Å²) in [5.74, 6) is 0.